The average molecular weight is 336 g/mol. The summed E-state index contributed by atoms with van der Waals surface area (Å²) in [7, 11) is 1.31. The van der Waals surface area contributed by atoms with E-state index in [-0.39, 0.29) is 5.56 Å². The number of fused-ring (bicyclic) bond motifs is 1. The number of aldehydes is 1. The van der Waals surface area contributed by atoms with Crippen LogP contribution in [0.2, 0.25) is 5.02 Å². The SMILES string of the molecule is COC(=O)c1c(C=O)n(CC2CCOCC2)c2ccc(Cl)cc12. The van der Waals surface area contributed by atoms with Gasteiger partial charge in [0, 0.05) is 35.7 Å². The maximum atomic E-state index is 12.2. The summed E-state index contributed by atoms with van der Waals surface area (Å²) < 4.78 is 12.1. The van der Waals surface area contributed by atoms with Crippen LogP contribution in [-0.4, -0.2) is 37.1 Å². The Labute approximate surface area is 139 Å². The Bertz CT molecular complexity index is 747. The summed E-state index contributed by atoms with van der Waals surface area (Å²) in [4.78, 5) is 23.8. The largest absolute Gasteiger partial charge is 0.465 e. The molecule has 3 rings (SSSR count). The lowest BCUT2D eigenvalue weighted by molar-refractivity contribution is 0.0590. The van der Waals surface area contributed by atoms with Gasteiger partial charge in [-0.15, -0.1) is 0 Å². The minimum atomic E-state index is -0.523. The molecule has 6 heteroatoms. The van der Waals surface area contributed by atoms with Crippen molar-refractivity contribution in [2.24, 2.45) is 5.92 Å². The second kappa shape index (κ2) is 6.72. The van der Waals surface area contributed by atoms with E-state index in [1.165, 1.54) is 7.11 Å². The quantitative estimate of drug-likeness (QED) is 0.635. The number of carbonyl (C=O) groups is 2. The number of aromatic nitrogens is 1. The van der Waals surface area contributed by atoms with Crippen LogP contribution in [-0.2, 0) is 16.0 Å². The molecule has 0 spiro atoms. The molecule has 1 saturated heterocycles. The number of hydrogen-bond donors (Lipinski definition) is 0. The van der Waals surface area contributed by atoms with Gasteiger partial charge < -0.3 is 14.0 Å². The van der Waals surface area contributed by atoms with Gasteiger partial charge in [0.2, 0.25) is 0 Å². The molecule has 0 amide bonds. The van der Waals surface area contributed by atoms with Gasteiger partial charge in [-0.3, -0.25) is 4.79 Å². The lowest BCUT2D eigenvalue weighted by Crippen LogP contribution is -2.21. The lowest BCUT2D eigenvalue weighted by atomic mass is 10.0. The van der Waals surface area contributed by atoms with E-state index >= 15 is 0 Å². The van der Waals surface area contributed by atoms with E-state index in [1.54, 1.807) is 12.1 Å². The monoisotopic (exact) mass is 335 g/mol. The molecule has 0 atom stereocenters. The van der Waals surface area contributed by atoms with Crippen molar-refractivity contribution in [1.29, 1.82) is 0 Å². The molecule has 1 aliphatic rings. The molecule has 1 aromatic carbocycles. The lowest BCUT2D eigenvalue weighted by Gasteiger charge is -2.23. The van der Waals surface area contributed by atoms with Gasteiger partial charge in [0.15, 0.2) is 6.29 Å². The fourth-order valence-electron chi connectivity index (χ4n) is 3.17. The number of esters is 1. The van der Waals surface area contributed by atoms with Crippen molar-refractivity contribution in [3.8, 4) is 0 Å². The van der Waals surface area contributed by atoms with E-state index in [0.717, 1.165) is 37.9 Å². The summed E-state index contributed by atoms with van der Waals surface area (Å²) in [5, 5.41) is 1.17. The number of benzene rings is 1. The zero-order chi connectivity index (χ0) is 16.4. The zero-order valence-corrected chi connectivity index (χ0v) is 13.6. The first-order valence-electron chi connectivity index (χ1n) is 7.58. The Morgan fingerprint density at radius 3 is 2.83 bits per heavy atom. The standard InChI is InChI=1S/C17H18ClNO4/c1-22-17(21)16-13-8-12(18)2-3-14(13)19(15(16)10-20)9-11-4-6-23-7-5-11/h2-3,8,10-11H,4-7,9H2,1H3. The average Bonchev–Trinajstić information content (AvgIpc) is 2.87. The van der Waals surface area contributed by atoms with Gasteiger partial charge in [-0.1, -0.05) is 11.6 Å². The highest BCUT2D eigenvalue weighted by atomic mass is 35.5. The highest BCUT2D eigenvalue weighted by Gasteiger charge is 2.25. The fraction of sp³-hybridized carbons (Fsp3) is 0.412. The van der Waals surface area contributed by atoms with E-state index in [2.05, 4.69) is 0 Å². The third-order valence-electron chi connectivity index (χ3n) is 4.35. The molecule has 23 heavy (non-hydrogen) atoms. The third kappa shape index (κ3) is 2.99. The van der Waals surface area contributed by atoms with Crippen LogP contribution in [0, 0.1) is 5.92 Å². The van der Waals surface area contributed by atoms with Gasteiger partial charge >= 0.3 is 5.97 Å². The normalized spacial score (nSPS) is 15.7. The van der Waals surface area contributed by atoms with E-state index in [1.807, 2.05) is 10.6 Å². The van der Waals surface area contributed by atoms with Gasteiger partial charge in [-0.05, 0) is 37.0 Å². The van der Waals surface area contributed by atoms with E-state index in [9.17, 15) is 9.59 Å². The van der Waals surface area contributed by atoms with Crippen LogP contribution in [0.1, 0.15) is 33.7 Å². The summed E-state index contributed by atoms with van der Waals surface area (Å²) in [5.74, 6) is -0.107. The highest BCUT2D eigenvalue weighted by molar-refractivity contribution is 6.31. The molecule has 0 aliphatic carbocycles. The van der Waals surface area contributed by atoms with Crippen molar-refractivity contribution in [1.82, 2.24) is 4.57 Å². The molecule has 1 fully saturated rings. The number of ether oxygens (including phenoxy) is 2. The van der Waals surface area contributed by atoms with Gasteiger partial charge in [-0.2, -0.15) is 0 Å². The van der Waals surface area contributed by atoms with Crippen molar-refractivity contribution >= 4 is 34.8 Å². The maximum absolute atomic E-state index is 12.2. The predicted octanol–water partition coefficient (Wildman–Crippen LogP) is 3.32. The third-order valence-corrected chi connectivity index (χ3v) is 4.58. The van der Waals surface area contributed by atoms with Gasteiger partial charge in [0.05, 0.1) is 18.4 Å². The number of nitrogens with zero attached hydrogens (tertiary/aromatic N) is 1. The Balaban J connectivity index is 2.15. The first kappa shape index (κ1) is 16.0. The van der Waals surface area contributed by atoms with Crippen molar-refractivity contribution in [3.05, 3.63) is 34.5 Å². The number of halogens is 1. The Kier molecular flexibility index (Phi) is 4.68. The summed E-state index contributed by atoms with van der Waals surface area (Å²) in [6, 6.07) is 5.31. The molecule has 0 saturated carbocycles. The topological polar surface area (TPSA) is 57.5 Å². The predicted molar refractivity (Wildman–Crippen MR) is 87.2 cm³/mol. The molecule has 5 nitrogen and oxygen atoms in total. The second-order valence-electron chi connectivity index (χ2n) is 5.70. The number of methoxy groups -OCH3 is 1. The number of carbonyl (C=O) groups excluding carboxylic acids is 2. The second-order valence-corrected chi connectivity index (χ2v) is 6.13. The Hall–Kier alpha value is -1.85. The van der Waals surface area contributed by atoms with Crippen LogP contribution in [0.4, 0.5) is 0 Å². The molecule has 122 valence electrons. The smallest absolute Gasteiger partial charge is 0.340 e. The van der Waals surface area contributed by atoms with Crippen LogP contribution in [0.15, 0.2) is 18.2 Å². The molecule has 0 bridgehead atoms. The number of hydrogen-bond acceptors (Lipinski definition) is 4. The van der Waals surface area contributed by atoms with E-state index in [4.69, 9.17) is 21.1 Å². The highest BCUT2D eigenvalue weighted by Crippen LogP contribution is 2.30. The first-order chi connectivity index (χ1) is 11.2. The van der Waals surface area contributed by atoms with Crippen LogP contribution in [0.5, 0.6) is 0 Å². The molecule has 2 heterocycles. The first-order valence-corrected chi connectivity index (χ1v) is 7.96. The van der Waals surface area contributed by atoms with Crippen molar-refractivity contribution in [2.75, 3.05) is 20.3 Å². The summed E-state index contributed by atoms with van der Waals surface area (Å²) in [6.45, 7) is 2.14. The van der Waals surface area contributed by atoms with Crippen molar-refractivity contribution < 1.29 is 19.1 Å². The number of rotatable bonds is 4. The Morgan fingerprint density at radius 1 is 1.43 bits per heavy atom. The van der Waals surface area contributed by atoms with E-state index in [0.29, 0.717) is 28.6 Å². The van der Waals surface area contributed by atoms with Crippen LogP contribution in [0.3, 0.4) is 0 Å². The molecule has 1 aromatic heterocycles. The van der Waals surface area contributed by atoms with Crippen molar-refractivity contribution in [3.63, 3.8) is 0 Å². The Morgan fingerprint density at radius 2 is 2.17 bits per heavy atom. The maximum Gasteiger partial charge on any atom is 0.340 e. The van der Waals surface area contributed by atoms with E-state index < -0.39 is 5.97 Å². The minimum absolute atomic E-state index is 0.284. The molecule has 0 N–H and O–H groups in total. The van der Waals surface area contributed by atoms with Crippen LogP contribution in [0.25, 0.3) is 10.9 Å². The summed E-state index contributed by atoms with van der Waals surface area (Å²) in [6.07, 6.45) is 2.61. The molecule has 1 aliphatic heterocycles. The fourth-order valence-corrected chi connectivity index (χ4v) is 3.34. The minimum Gasteiger partial charge on any atom is -0.465 e. The van der Waals surface area contributed by atoms with Gasteiger partial charge in [0.25, 0.3) is 0 Å². The van der Waals surface area contributed by atoms with Crippen LogP contribution >= 0.6 is 11.6 Å². The summed E-state index contributed by atoms with van der Waals surface area (Å²) >= 11 is 6.07. The zero-order valence-electron chi connectivity index (χ0n) is 12.9. The molecule has 0 unspecified atom stereocenters. The molecule has 0 radical (unpaired) electrons. The van der Waals surface area contributed by atoms with Gasteiger partial charge in [-0.25, -0.2) is 4.79 Å². The molecule has 2 aromatic rings. The molecular weight excluding hydrogens is 318 g/mol. The summed E-state index contributed by atoms with van der Waals surface area (Å²) in [5.41, 5.74) is 1.45. The van der Waals surface area contributed by atoms with Crippen LogP contribution < -0.4 is 0 Å². The van der Waals surface area contributed by atoms with Crippen molar-refractivity contribution in [2.45, 2.75) is 19.4 Å². The van der Waals surface area contributed by atoms with Gasteiger partial charge in [0.1, 0.15) is 0 Å². The molecular formula is C17H18ClNO4.